The smallest absolute Gasteiger partial charge is 0.329 e. The second-order valence-electron chi connectivity index (χ2n) is 8.43. The highest BCUT2D eigenvalue weighted by Gasteiger charge is 2.41. The van der Waals surface area contributed by atoms with Crippen molar-refractivity contribution >= 4 is 23.1 Å². The number of Topliss-reactive ketones (excluding diaryl/α,β-unsaturated/α-hetero) is 1. The lowest BCUT2D eigenvalue weighted by Gasteiger charge is -2.31. The maximum absolute atomic E-state index is 13.3. The highest BCUT2D eigenvalue weighted by Crippen LogP contribution is 2.36. The molecule has 1 aromatic heterocycles. The molecule has 4 aromatic rings. The predicted octanol–water partition coefficient (Wildman–Crippen LogP) is 5.15. The number of ketones is 1. The molecular weight excluding hydrogens is 476 g/mol. The molecule has 0 amide bonds. The van der Waals surface area contributed by atoms with Crippen molar-refractivity contribution in [3.63, 3.8) is 0 Å². The van der Waals surface area contributed by atoms with Crippen LogP contribution in [0.4, 0.5) is 0 Å². The summed E-state index contributed by atoms with van der Waals surface area (Å²) in [5.74, 6) is -0.430. The molecule has 1 unspecified atom stereocenters. The summed E-state index contributed by atoms with van der Waals surface area (Å²) in [4.78, 5) is 32.2. The fraction of sp³-hybridized carbons (Fsp3) is 0.179. The van der Waals surface area contributed by atoms with Crippen LogP contribution in [-0.4, -0.2) is 47.0 Å². The Morgan fingerprint density at radius 2 is 1.69 bits per heavy atom. The summed E-state index contributed by atoms with van der Waals surface area (Å²) in [6.07, 6.45) is 0. The van der Waals surface area contributed by atoms with Gasteiger partial charge in [-0.15, -0.1) is 11.3 Å². The molecule has 2 heterocycles. The molecule has 0 radical (unpaired) electrons. The first-order chi connectivity index (χ1) is 17.5. The minimum atomic E-state index is -1.29. The summed E-state index contributed by atoms with van der Waals surface area (Å²) in [6.45, 7) is 0.458. The average molecular weight is 501 g/mol. The highest BCUT2D eigenvalue weighted by atomic mass is 32.1. The largest absolute Gasteiger partial charge is 0.497 e. The van der Waals surface area contributed by atoms with E-state index in [2.05, 4.69) is 0 Å². The van der Waals surface area contributed by atoms with Crippen molar-refractivity contribution in [3.8, 4) is 33.2 Å². The second kappa shape index (κ2) is 9.93. The number of carboxylic acids is 1. The molecule has 0 saturated heterocycles. The third kappa shape index (κ3) is 4.48. The normalized spacial score (nSPS) is 15.4. The van der Waals surface area contributed by atoms with Gasteiger partial charge >= 0.3 is 5.97 Å². The van der Waals surface area contributed by atoms with Gasteiger partial charge in [0, 0.05) is 30.3 Å². The van der Waals surface area contributed by atoms with Crippen LogP contribution in [0.5, 0.6) is 11.5 Å². The number of aromatic nitrogens is 1. The Bertz CT molecular complexity index is 1420. The van der Waals surface area contributed by atoms with E-state index in [4.69, 9.17) is 14.5 Å². The zero-order chi connectivity index (χ0) is 25.2. The van der Waals surface area contributed by atoms with Gasteiger partial charge in [0.25, 0.3) is 0 Å². The van der Waals surface area contributed by atoms with E-state index in [1.54, 1.807) is 31.3 Å². The summed E-state index contributed by atoms with van der Waals surface area (Å²) >= 11 is 1.25. The molecule has 0 saturated carbocycles. The zero-order valence-electron chi connectivity index (χ0n) is 19.8. The van der Waals surface area contributed by atoms with Crippen LogP contribution in [0, 0.1) is 0 Å². The maximum Gasteiger partial charge on any atom is 0.329 e. The van der Waals surface area contributed by atoms with Crippen LogP contribution in [0.25, 0.3) is 21.7 Å². The molecular formula is C28H24N2O5S. The van der Waals surface area contributed by atoms with E-state index in [-0.39, 0.29) is 13.1 Å². The van der Waals surface area contributed by atoms with Crippen molar-refractivity contribution in [1.82, 2.24) is 9.88 Å². The summed E-state index contributed by atoms with van der Waals surface area (Å²) in [5, 5.41) is 10.6. The van der Waals surface area contributed by atoms with Crippen molar-refractivity contribution in [2.45, 2.75) is 19.1 Å². The second-order valence-corrected chi connectivity index (χ2v) is 9.43. The van der Waals surface area contributed by atoms with Gasteiger partial charge in [-0.2, -0.15) is 0 Å². The first kappa shape index (κ1) is 23.7. The van der Waals surface area contributed by atoms with E-state index in [0.717, 1.165) is 22.3 Å². The number of carboxylic acid groups (broad SMARTS) is 1. The number of fused-ring (bicyclic) bond motifs is 1. The highest BCUT2D eigenvalue weighted by molar-refractivity contribution is 7.17. The lowest BCUT2D eigenvalue weighted by Crippen LogP contribution is -2.49. The lowest BCUT2D eigenvalue weighted by molar-refractivity contribution is -0.142. The van der Waals surface area contributed by atoms with Gasteiger partial charge in [0.05, 0.1) is 24.8 Å². The molecule has 3 aromatic carbocycles. The first-order valence-electron chi connectivity index (χ1n) is 11.4. The van der Waals surface area contributed by atoms with Gasteiger partial charge in [-0.3, -0.25) is 14.5 Å². The van der Waals surface area contributed by atoms with Crippen molar-refractivity contribution in [3.05, 3.63) is 88.9 Å². The number of thiazole rings is 1. The van der Waals surface area contributed by atoms with Crippen LogP contribution in [0.3, 0.4) is 0 Å². The summed E-state index contributed by atoms with van der Waals surface area (Å²) in [7, 11) is 3.11. The fourth-order valence-corrected chi connectivity index (χ4v) is 5.44. The summed E-state index contributed by atoms with van der Waals surface area (Å²) in [5.41, 5.74) is 4.44. The third-order valence-corrected chi connectivity index (χ3v) is 7.39. The molecule has 0 spiro atoms. The maximum atomic E-state index is 13.3. The molecule has 0 bridgehead atoms. The van der Waals surface area contributed by atoms with Crippen molar-refractivity contribution < 1.29 is 24.2 Å². The molecule has 182 valence electrons. The van der Waals surface area contributed by atoms with Gasteiger partial charge in [0.1, 0.15) is 16.5 Å². The van der Waals surface area contributed by atoms with Crippen molar-refractivity contribution in [2.24, 2.45) is 0 Å². The Hall–Kier alpha value is -4.01. The number of aliphatic carboxylic acids is 1. The van der Waals surface area contributed by atoms with Crippen LogP contribution in [0.2, 0.25) is 0 Å². The van der Waals surface area contributed by atoms with Crippen LogP contribution in [0.15, 0.2) is 72.8 Å². The number of carbonyl (C=O) groups is 2. The van der Waals surface area contributed by atoms with Crippen molar-refractivity contribution in [2.75, 3.05) is 14.2 Å². The van der Waals surface area contributed by atoms with Crippen LogP contribution in [0.1, 0.15) is 20.9 Å². The van der Waals surface area contributed by atoms with Gasteiger partial charge in [-0.05, 0) is 17.2 Å². The molecule has 36 heavy (non-hydrogen) atoms. The van der Waals surface area contributed by atoms with Gasteiger partial charge in [0.15, 0.2) is 6.04 Å². The van der Waals surface area contributed by atoms with Gasteiger partial charge in [-0.25, -0.2) is 4.98 Å². The Kier molecular flexibility index (Phi) is 6.54. The van der Waals surface area contributed by atoms with E-state index < -0.39 is 17.8 Å². The minimum Gasteiger partial charge on any atom is -0.497 e. The van der Waals surface area contributed by atoms with Crippen LogP contribution >= 0.6 is 11.3 Å². The van der Waals surface area contributed by atoms with E-state index in [1.165, 1.54) is 11.3 Å². The Morgan fingerprint density at radius 1 is 1.00 bits per heavy atom. The molecule has 0 aliphatic carbocycles. The number of nitrogens with zero attached hydrogens (tertiary/aromatic N) is 2. The quantitative estimate of drug-likeness (QED) is 0.351. The number of ether oxygens (including phenoxy) is 2. The Morgan fingerprint density at radius 3 is 2.36 bits per heavy atom. The molecule has 1 N–H and O–H groups in total. The van der Waals surface area contributed by atoms with E-state index in [1.807, 2.05) is 60.7 Å². The molecule has 0 fully saturated rings. The minimum absolute atomic E-state index is 0.216. The Labute approximate surface area is 212 Å². The fourth-order valence-electron chi connectivity index (χ4n) is 4.40. The molecule has 7 nitrogen and oxygen atoms in total. The average Bonchev–Trinajstić information content (AvgIpc) is 3.34. The van der Waals surface area contributed by atoms with Gasteiger partial charge in [0.2, 0.25) is 5.78 Å². The van der Waals surface area contributed by atoms with Crippen LogP contribution < -0.4 is 9.47 Å². The molecule has 1 atom stereocenters. The molecule has 8 heteroatoms. The summed E-state index contributed by atoms with van der Waals surface area (Å²) in [6, 6.07) is 22.1. The van der Waals surface area contributed by atoms with Crippen LogP contribution in [-0.2, 0) is 17.9 Å². The zero-order valence-corrected chi connectivity index (χ0v) is 20.6. The first-order valence-corrected chi connectivity index (χ1v) is 12.2. The van der Waals surface area contributed by atoms with E-state index in [0.29, 0.717) is 27.1 Å². The van der Waals surface area contributed by atoms with E-state index >= 15 is 0 Å². The van der Waals surface area contributed by atoms with Gasteiger partial charge < -0.3 is 14.6 Å². The standard InChI is InChI=1S/C28H24N2O5S/c1-34-21-13-12-20(23(14-21)35-2)15-30-16-22-26(25(31)24(30)28(32)33)36-27(29-22)19-10-8-18(9-11-19)17-6-4-3-5-7-17/h3-14,24H,15-16H2,1-2H3,(H,32,33). The van der Waals surface area contributed by atoms with E-state index in [9.17, 15) is 14.7 Å². The molecule has 5 rings (SSSR count). The van der Waals surface area contributed by atoms with Crippen molar-refractivity contribution in [1.29, 1.82) is 0 Å². The lowest BCUT2D eigenvalue weighted by atomic mass is 10.0. The monoisotopic (exact) mass is 500 g/mol. The number of rotatable bonds is 7. The Balaban J connectivity index is 1.44. The predicted molar refractivity (Wildman–Crippen MR) is 138 cm³/mol. The third-order valence-electron chi connectivity index (χ3n) is 6.23. The number of methoxy groups -OCH3 is 2. The molecule has 1 aliphatic rings. The number of hydrogen-bond acceptors (Lipinski definition) is 7. The summed E-state index contributed by atoms with van der Waals surface area (Å²) < 4.78 is 10.7. The SMILES string of the molecule is COc1ccc(CN2Cc3nc(-c4ccc(-c5ccccc5)cc4)sc3C(=O)C2C(=O)O)c(OC)c1. The number of hydrogen-bond donors (Lipinski definition) is 1. The molecule has 1 aliphatic heterocycles. The number of carbonyl (C=O) groups excluding carboxylic acids is 1. The van der Waals surface area contributed by atoms with Gasteiger partial charge in [-0.1, -0.05) is 60.7 Å². The topological polar surface area (TPSA) is 89.0 Å². The number of benzene rings is 3.